The number of hydrogen-bond donors (Lipinski definition) is 3. The first kappa shape index (κ1) is 27.1. The van der Waals surface area contributed by atoms with Crippen LogP contribution in [0.2, 0.25) is 0 Å². The minimum Gasteiger partial charge on any atom is -0.477 e. The fraction of sp³-hybridized carbons (Fsp3) is 0.185. The van der Waals surface area contributed by atoms with Crippen LogP contribution in [0.4, 0.5) is 5.13 Å². The summed E-state index contributed by atoms with van der Waals surface area (Å²) in [5.41, 5.74) is 7.64. The molecule has 2 atom stereocenters. The average molecular weight is 578 g/mol. The normalized spacial score (nSPS) is 18.9. The Kier molecular flexibility index (Phi) is 7.94. The molecule has 204 valence electrons. The number of amides is 2. The molecule has 0 aliphatic carbocycles. The molecule has 0 bridgehead atoms. The average Bonchev–Trinajstić information content (AvgIpc) is 3.39. The number of hydrogen-bond acceptors (Lipinski definition) is 9. The third-order valence-electron chi connectivity index (χ3n) is 6.28. The number of carbonyl (C=O) groups is 3. The van der Waals surface area contributed by atoms with Gasteiger partial charge in [0, 0.05) is 33.7 Å². The van der Waals surface area contributed by atoms with Crippen molar-refractivity contribution in [1.29, 1.82) is 0 Å². The van der Waals surface area contributed by atoms with Gasteiger partial charge in [-0.25, -0.2) is 14.3 Å². The molecule has 0 spiro atoms. The van der Waals surface area contributed by atoms with E-state index in [0.717, 1.165) is 22.5 Å². The summed E-state index contributed by atoms with van der Waals surface area (Å²) in [5, 5.41) is 18.2. The van der Waals surface area contributed by atoms with Crippen molar-refractivity contribution in [2.45, 2.75) is 18.6 Å². The van der Waals surface area contributed by atoms with Crippen LogP contribution in [0, 0.1) is 0 Å². The third-order valence-corrected chi connectivity index (χ3v) is 8.10. The predicted molar refractivity (Wildman–Crippen MR) is 151 cm³/mol. The number of anilines is 1. The number of aliphatic carboxylic acids is 1. The van der Waals surface area contributed by atoms with Gasteiger partial charge in [-0.2, -0.15) is 0 Å². The van der Waals surface area contributed by atoms with Crippen molar-refractivity contribution in [2.24, 2.45) is 5.16 Å². The minimum atomic E-state index is -1.22. The van der Waals surface area contributed by atoms with Crippen molar-refractivity contribution in [2.75, 3.05) is 18.6 Å². The van der Waals surface area contributed by atoms with Crippen LogP contribution in [0.5, 0.6) is 0 Å². The van der Waals surface area contributed by atoms with Gasteiger partial charge in [0.05, 0.1) is 6.04 Å². The summed E-state index contributed by atoms with van der Waals surface area (Å²) >= 11 is 2.45. The first-order chi connectivity index (χ1) is 19.4. The molecule has 4 N–H and O–H groups in total. The van der Waals surface area contributed by atoms with E-state index in [1.54, 1.807) is 11.5 Å². The number of carboxylic acid groups (broad SMARTS) is 1. The first-order valence-corrected chi connectivity index (χ1v) is 14.0. The van der Waals surface area contributed by atoms with Crippen LogP contribution in [0.15, 0.2) is 82.1 Å². The van der Waals surface area contributed by atoms with E-state index in [-0.39, 0.29) is 22.2 Å². The first-order valence-electron chi connectivity index (χ1n) is 12.1. The zero-order valence-electron chi connectivity index (χ0n) is 21.3. The van der Waals surface area contributed by atoms with E-state index in [1.807, 2.05) is 60.9 Å². The second kappa shape index (κ2) is 11.7. The fourth-order valence-electron chi connectivity index (χ4n) is 4.47. The number of nitrogens with zero attached hydrogens (tertiary/aromatic N) is 4. The number of pyridine rings is 1. The number of carboxylic acids is 1. The maximum absolute atomic E-state index is 13.1. The Labute approximate surface area is 237 Å². The standard InChI is InChI=1S/C27H24N6O5S2/c1-38-31-21(18-14-40-27(28)29-18)24(34)30-22-19-15-39-20(23(26(36)37)33(19)25(22)35)9-8-16-6-5-7-17(12-16)13-32-10-3-2-4-11-32/h2-12,14,19,22H,13,15H2,1H3,(H3-,28,29,30,34,36,37)/p+1/b9-8+,31-21+/t19-,22+/m1/s1. The summed E-state index contributed by atoms with van der Waals surface area (Å²) in [6.07, 6.45) is 7.53. The molecule has 11 nitrogen and oxygen atoms in total. The third kappa shape index (κ3) is 5.60. The van der Waals surface area contributed by atoms with E-state index in [2.05, 4.69) is 20.0 Å². The van der Waals surface area contributed by atoms with Gasteiger partial charge in [-0.15, -0.1) is 23.1 Å². The fourth-order valence-corrected chi connectivity index (χ4v) is 6.19. The second-order valence-corrected chi connectivity index (χ2v) is 10.8. The highest BCUT2D eigenvalue weighted by Crippen LogP contribution is 2.40. The van der Waals surface area contributed by atoms with Gasteiger partial charge in [-0.05, 0) is 17.7 Å². The molecule has 5 rings (SSSR count). The van der Waals surface area contributed by atoms with Gasteiger partial charge < -0.3 is 21.0 Å². The van der Waals surface area contributed by atoms with Gasteiger partial charge in [0.1, 0.15) is 24.5 Å². The summed E-state index contributed by atoms with van der Waals surface area (Å²) in [4.78, 5) is 48.8. The lowest BCUT2D eigenvalue weighted by Gasteiger charge is -2.49. The van der Waals surface area contributed by atoms with E-state index in [0.29, 0.717) is 17.2 Å². The molecule has 0 saturated carbocycles. The monoisotopic (exact) mass is 577 g/mol. The Balaban J connectivity index is 1.31. The van der Waals surface area contributed by atoms with Crippen LogP contribution in [0.1, 0.15) is 16.8 Å². The summed E-state index contributed by atoms with van der Waals surface area (Å²) in [6.45, 7) is 0.698. The summed E-state index contributed by atoms with van der Waals surface area (Å²) < 4.78 is 2.06. The van der Waals surface area contributed by atoms with Gasteiger partial charge in [0.25, 0.3) is 11.8 Å². The lowest BCUT2D eigenvalue weighted by Crippen LogP contribution is -2.72. The SMILES string of the molecule is CO/N=C(/C(=O)N[C@@H]1C(=O)N2C(C(=O)O)=C(/C=C/c3cccc(C[n+]4ccccc4)c3)SC[C@H]12)c1csc(N)n1. The van der Waals surface area contributed by atoms with Crippen LogP contribution in [0.25, 0.3) is 6.08 Å². The Morgan fingerprint density at radius 2 is 2.08 bits per heavy atom. The second-order valence-electron chi connectivity index (χ2n) is 8.88. The van der Waals surface area contributed by atoms with Gasteiger partial charge in [0.2, 0.25) is 0 Å². The number of fused-ring (bicyclic) bond motifs is 1. The molecular formula is C27H25N6O5S2+. The number of benzene rings is 1. The van der Waals surface area contributed by atoms with Crippen LogP contribution in [-0.2, 0) is 25.8 Å². The number of thioether (sulfide) groups is 1. The molecule has 1 aromatic carbocycles. The summed E-state index contributed by atoms with van der Waals surface area (Å²) in [5.74, 6) is -2.00. The summed E-state index contributed by atoms with van der Waals surface area (Å²) in [6, 6.07) is 12.4. The predicted octanol–water partition coefficient (Wildman–Crippen LogP) is 1.86. The zero-order chi connectivity index (χ0) is 28.2. The largest absolute Gasteiger partial charge is 0.477 e. The quantitative estimate of drug-likeness (QED) is 0.151. The highest BCUT2D eigenvalue weighted by atomic mass is 32.2. The number of carbonyl (C=O) groups excluding carboxylic acids is 2. The molecular weight excluding hydrogens is 552 g/mol. The molecule has 2 aromatic heterocycles. The Morgan fingerprint density at radius 3 is 2.77 bits per heavy atom. The minimum absolute atomic E-state index is 0.109. The number of rotatable bonds is 9. The molecule has 40 heavy (non-hydrogen) atoms. The van der Waals surface area contributed by atoms with Crippen molar-refractivity contribution < 1.29 is 28.9 Å². The number of nitrogens with two attached hydrogens (primary N) is 1. The Bertz CT molecular complexity index is 1550. The number of oxime groups is 1. The number of nitrogen functional groups attached to an aromatic ring is 1. The van der Waals surface area contributed by atoms with Crippen LogP contribution >= 0.6 is 23.1 Å². The van der Waals surface area contributed by atoms with Gasteiger partial charge in [0.15, 0.2) is 29.8 Å². The number of allylic oxidation sites excluding steroid dienone is 1. The molecule has 0 unspecified atom stereocenters. The van der Waals surface area contributed by atoms with Crippen molar-refractivity contribution >= 4 is 57.8 Å². The molecule has 13 heteroatoms. The summed E-state index contributed by atoms with van der Waals surface area (Å²) in [7, 11) is 1.29. The Morgan fingerprint density at radius 1 is 1.27 bits per heavy atom. The lowest BCUT2D eigenvalue weighted by atomic mass is 9.94. The van der Waals surface area contributed by atoms with Gasteiger partial charge >= 0.3 is 5.97 Å². The van der Waals surface area contributed by atoms with Crippen molar-refractivity contribution in [3.8, 4) is 0 Å². The van der Waals surface area contributed by atoms with Gasteiger partial charge in [-0.1, -0.05) is 35.5 Å². The van der Waals surface area contributed by atoms with Crippen LogP contribution in [-0.4, -0.2) is 63.4 Å². The van der Waals surface area contributed by atoms with Crippen LogP contribution in [0.3, 0.4) is 0 Å². The van der Waals surface area contributed by atoms with E-state index in [1.165, 1.54) is 23.8 Å². The molecule has 2 amide bonds. The molecule has 2 aliphatic rings. The van der Waals surface area contributed by atoms with Crippen molar-refractivity contribution in [3.05, 3.63) is 93.7 Å². The van der Waals surface area contributed by atoms with Crippen molar-refractivity contribution in [1.82, 2.24) is 15.2 Å². The molecule has 3 aromatic rings. The molecule has 1 fully saturated rings. The number of aromatic nitrogens is 2. The van der Waals surface area contributed by atoms with E-state index in [9.17, 15) is 19.5 Å². The highest BCUT2D eigenvalue weighted by Gasteiger charge is 2.54. The smallest absolute Gasteiger partial charge is 0.353 e. The number of nitrogens with one attached hydrogen (secondary N) is 1. The highest BCUT2D eigenvalue weighted by molar-refractivity contribution is 8.03. The van der Waals surface area contributed by atoms with E-state index < -0.39 is 29.9 Å². The molecule has 4 heterocycles. The zero-order valence-corrected chi connectivity index (χ0v) is 22.9. The maximum Gasteiger partial charge on any atom is 0.353 e. The topological polar surface area (TPSA) is 151 Å². The van der Waals surface area contributed by atoms with E-state index in [4.69, 9.17) is 10.6 Å². The lowest BCUT2D eigenvalue weighted by molar-refractivity contribution is -0.688. The van der Waals surface area contributed by atoms with E-state index >= 15 is 0 Å². The Hall–Kier alpha value is -4.49. The molecule has 2 aliphatic heterocycles. The molecule has 1 saturated heterocycles. The molecule has 0 radical (unpaired) electrons. The van der Waals surface area contributed by atoms with Crippen molar-refractivity contribution in [3.63, 3.8) is 0 Å². The number of thiazole rings is 1. The van der Waals surface area contributed by atoms with Gasteiger partial charge in [-0.3, -0.25) is 14.5 Å². The maximum atomic E-state index is 13.1. The van der Waals surface area contributed by atoms with Crippen LogP contribution < -0.4 is 15.6 Å². The number of β-lactam (4-membered cyclic amide) rings is 1.